The van der Waals surface area contributed by atoms with Crippen LogP contribution in [0.4, 0.5) is 0 Å². The van der Waals surface area contributed by atoms with Gasteiger partial charge >= 0.3 is 0 Å². The van der Waals surface area contributed by atoms with Crippen LogP contribution in [0.25, 0.3) is 10.4 Å². The highest BCUT2D eigenvalue weighted by Gasteiger charge is 2.48. The lowest BCUT2D eigenvalue weighted by Gasteiger charge is -2.31. The number of aliphatic hydroxyl groups excluding tert-OH is 4. The van der Waals surface area contributed by atoms with Crippen molar-refractivity contribution in [1.29, 1.82) is 0 Å². The third kappa shape index (κ3) is 3.56. The number of hydrogen-bond donors (Lipinski definition) is 5. The fraction of sp³-hybridized carbons (Fsp3) is 0.417. The van der Waals surface area contributed by atoms with Crippen molar-refractivity contribution in [1.82, 2.24) is 0 Å². The van der Waals surface area contributed by atoms with Crippen molar-refractivity contribution in [3.63, 3.8) is 0 Å². The second kappa shape index (κ2) is 7.14. The minimum absolute atomic E-state index is 0.0721. The number of ketones is 1. The molecule has 0 bridgehead atoms. The number of benzene rings is 1. The first-order chi connectivity index (χ1) is 9.88. The molecule has 1 rings (SSSR count). The summed E-state index contributed by atoms with van der Waals surface area (Å²) >= 11 is 0. The Morgan fingerprint density at radius 3 is 2.33 bits per heavy atom. The van der Waals surface area contributed by atoms with Gasteiger partial charge in [0, 0.05) is 10.5 Å². The third-order valence-electron chi connectivity index (χ3n) is 2.88. The molecule has 114 valence electrons. The average Bonchev–Trinajstić information content (AvgIpc) is 2.52. The van der Waals surface area contributed by atoms with E-state index in [9.17, 15) is 25.2 Å². The smallest absolute Gasteiger partial charge is 0.235 e. The number of nitrogens with zero attached hydrogens (tertiary/aromatic N) is 3. The first-order valence-electron chi connectivity index (χ1n) is 5.92. The maximum Gasteiger partial charge on any atom is 0.235 e. The van der Waals surface area contributed by atoms with Crippen LogP contribution in [0.15, 0.2) is 35.4 Å². The summed E-state index contributed by atoms with van der Waals surface area (Å²) in [7, 11) is 0. The Balaban J connectivity index is 3.19. The Bertz CT molecular complexity index is 533. The number of hydrogen-bond acceptors (Lipinski definition) is 7. The van der Waals surface area contributed by atoms with Crippen molar-refractivity contribution in [3.05, 3.63) is 46.3 Å². The van der Waals surface area contributed by atoms with E-state index >= 15 is 0 Å². The van der Waals surface area contributed by atoms with Crippen molar-refractivity contribution in [3.8, 4) is 0 Å². The molecular weight excluding hydrogens is 282 g/mol. The van der Waals surface area contributed by atoms with Gasteiger partial charge in [-0.1, -0.05) is 30.3 Å². The normalized spacial score (nSPS) is 18.0. The maximum absolute atomic E-state index is 12.2. The molecule has 9 heteroatoms. The summed E-state index contributed by atoms with van der Waals surface area (Å²) in [5, 5.41) is 50.4. The monoisotopic (exact) mass is 297 g/mol. The molecular formula is C12H15N3O6. The van der Waals surface area contributed by atoms with Crippen LogP contribution in [0.3, 0.4) is 0 Å². The van der Waals surface area contributed by atoms with Crippen molar-refractivity contribution >= 4 is 5.78 Å². The second-order valence-corrected chi connectivity index (χ2v) is 4.30. The number of Topliss-reactive ketones (excluding diaryl/α,β-unsaturated/α-hetero) is 1. The molecule has 9 nitrogen and oxygen atoms in total. The molecule has 0 saturated heterocycles. The van der Waals surface area contributed by atoms with Gasteiger partial charge in [-0.05, 0) is 10.6 Å². The van der Waals surface area contributed by atoms with Crippen LogP contribution in [0.2, 0.25) is 0 Å². The van der Waals surface area contributed by atoms with Gasteiger partial charge in [-0.2, -0.15) is 0 Å². The van der Waals surface area contributed by atoms with Crippen molar-refractivity contribution in [2.75, 3.05) is 6.61 Å². The second-order valence-electron chi connectivity index (χ2n) is 4.30. The summed E-state index contributed by atoms with van der Waals surface area (Å²) in [6.07, 6.45) is -6.26. The predicted molar refractivity (Wildman–Crippen MR) is 70.0 cm³/mol. The van der Waals surface area contributed by atoms with Gasteiger partial charge in [-0.15, -0.1) is 0 Å². The van der Waals surface area contributed by atoms with Crippen LogP contribution in [0.5, 0.6) is 0 Å². The molecule has 0 amide bonds. The van der Waals surface area contributed by atoms with Crippen LogP contribution in [0.1, 0.15) is 10.4 Å². The third-order valence-corrected chi connectivity index (χ3v) is 2.88. The molecule has 0 saturated carbocycles. The highest BCUT2D eigenvalue weighted by molar-refractivity contribution is 6.02. The fourth-order valence-electron chi connectivity index (χ4n) is 1.67. The van der Waals surface area contributed by atoms with E-state index in [1.165, 1.54) is 24.3 Å². The zero-order valence-corrected chi connectivity index (χ0v) is 10.8. The highest BCUT2D eigenvalue weighted by atomic mass is 16.4. The van der Waals surface area contributed by atoms with E-state index in [1.807, 2.05) is 0 Å². The van der Waals surface area contributed by atoms with E-state index in [-0.39, 0.29) is 5.56 Å². The molecule has 0 fully saturated rings. The Kier molecular flexibility index (Phi) is 5.79. The molecule has 0 aliphatic carbocycles. The van der Waals surface area contributed by atoms with Crippen molar-refractivity contribution in [2.45, 2.75) is 24.0 Å². The first-order valence-corrected chi connectivity index (χ1v) is 5.92. The number of rotatable bonds is 7. The molecule has 4 atom stereocenters. The van der Waals surface area contributed by atoms with E-state index in [4.69, 9.17) is 10.6 Å². The molecule has 5 N–H and O–H groups in total. The Hall–Kier alpha value is -2.00. The van der Waals surface area contributed by atoms with Gasteiger partial charge in [0.2, 0.25) is 11.5 Å². The fourth-order valence-corrected chi connectivity index (χ4v) is 1.67. The molecule has 1 aromatic rings. The molecule has 0 unspecified atom stereocenters. The zero-order chi connectivity index (χ0) is 16.0. The molecule has 0 radical (unpaired) electrons. The SMILES string of the molecule is [N-]=[N+]=N[C@@](O)(C(=O)c1ccccc1)[C@@H](O)[C@H](O)[C@H](O)CO. The minimum Gasteiger partial charge on any atom is -0.394 e. The maximum atomic E-state index is 12.2. The molecule has 0 heterocycles. The Labute approximate surface area is 119 Å². The summed E-state index contributed by atoms with van der Waals surface area (Å²) < 4.78 is 0. The van der Waals surface area contributed by atoms with Crippen LogP contribution in [-0.2, 0) is 0 Å². The van der Waals surface area contributed by atoms with Crippen molar-refractivity contribution < 1.29 is 30.3 Å². The molecule has 21 heavy (non-hydrogen) atoms. The van der Waals surface area contributed by atoms with Crippen LogP contribution >= 0.6 is 0 Å². The number of carbonyl (C=O) groups is 1. The summed E-state index contributed by atoms with van der Waals surface area (Å²) in [4.78, 5) is 14.5. The van der Waals surface area contributed by atoms with Gasteiger partial charge < -0.3 is 25.5 Å². The van der Waals surface area contributed by atoms with E-state index in [0.29, 0.717) is 0 Å². The Morgan fingerprint density at radius 1 is 1.29 bits per heavy atom. The molecule has 0 aliphatic heterocycles. The lowest BCUT2D eigenvalue weighted by Crippen LogP contribution is -2.56. The van der Waals surface area contributed by atoms with E-state index in [2.05, 4.69) is 10.0 Å². The minimum atomic E-state index is -3.02. The quantitative estimate of drug-likeness (QED) is 0.186. The van der Waals surface area contributed by atoms with Crippen LogP contribution < -0.4 is 0 Å². The standard InChI is InChI=1S/C12H15N3O6/c13-15-14-12(21,11(20)9(18)8(17)6-16)10(19)7-4-2-1-3-5-7/h1-5,8-9,11,16-18,20-21H,6H2/t8-,9-,11+,12-/m1/s1. The average molecular weight is 297 g/mol. The summed E-state index contributed by atoms with van der Waals surface area (Å²) in [5.74, 6) is -1.16. The lowest BCUT2D eigenvalue weighted by molar-refractivity contribution is -0.138. The van der Waals surface area contributed by atoms with Gasteiger partial charge in [0.15, 0.2) is 0 Å². The number of azide groups is 1. The number of aliphatic hydroxyl groups is 5. The first kappa shape index (κ1) is 17.1. The lowest BCUT2D eigenvalue weighted by atomic mass is 9.91. The summed E-state index contributed by atoms with van der Waals surface area (Å²) in [6.45, 7) is -0.926. The van der Waals surface area contributed by atoms with Gasteiger partial charge in [-0.25, -0.2) is 0 Å². The molecule has 0 aliphatic rings. The van der Waals surface area contributed by atoms with Gasteiger partial charge in [0.25, 0.3) is 0 Å². The predicted octanol–water partition coefficient (Wildman–Crippen LogP) is -1.06. The molecule has 0 spiro atoms. The van der Waals surface area contributed by atoms with Gasteiger partial charge in [0.1, 0.15) is 18.3 Å². The van der Waals surface area contributed by atoms with Crippen LogP contribution in [0, 0.1) is 0 Å². The highest BCUT2D eigenvalue weighted by Crippen LogP contribution is 2.23. The molecule has 1 aromatic carbocycles. The molecule has 0 aromatic heterocycles. The topological polar surface area (TPSA) is 167 Å². The summed E-state index contributed by atoms with van der Waals surface area (Å²) in [5.41, 5.74) is 5.37. The Morgan fingerprint density at radius 2 is 1.86 bits per heavy atom. The van der Waals surface area contributed by atoms with Gasteiger partial charge in [-0.3, -0.25) is 4.79 Å². The van der Waals surface area contributed by atoms with Gasteiger partial charge in [0.05, 0.1) is 6.61 Å². The van der Waals surface area contributed by atoms with E-state index in [1.54, 1.807) is 6.07 Å². The van der Waals surface area contributed by atoms with Crippen LogP contribution in [-0.4, -0.2) is 62.0 Å². The largest absolute Gasteiger partial charge is 0.394 e. The number of carbonyl (C=O) groups excluding carboxylic acids is 1. The summed E-state index contributed by atoms with van der Waals surface area (Å²) in [6, 6.07) is 7.18. The van der Waals surface area contributed by atoms with Crippen molar-refractivity contribution in [2.24, 2.45) is 5.11 Å². The zero-order valence-electron chi connectivity index (χ0n) is 10.8. The van der Waals surface area contributed by atoms with E-state index in [0.717, 1.165) is 0 Å². The van der Waals surface area contributed by atoms with E-state index < -0.39 is 36.4 Å².